The summed E-state index contributed by atoms with van der Waals surface area (Å²) >= 11 is 0. The molecule has 0 fully saturated rings. The Kier molecular flexibility index (Phi) is 3.58. The monoisotopic (exact) mass is 300 g/mol. The van der Waals surface area contributed by atoms with Gasteiger partial charge in [0.2, 0.25) is 0 Å². The molecule has 3 aromatic heterocycles. The highest BCUT2D eigenvalue weighted by atomic mass is 16.5. The number of aromatic nitrogens is 4. The van der Waals surface area contributed by atoms with Crippen molar-refractivity contribution in [3.05, 3.63) is 24.3 Å². The standard InChI is InChI=1S/C15H20N6O/c1-15(2,3)6-11(21-22)17-8-12-19-10-7-18-14-9(4-5-16-14)13(10)20-12/h4-5,7,22H,6,8H2,1-3H3,(H,16,18)(H,17,21)(H,19,20). The first-order chi connectivity index (χ1) is 10.5. The van der Waals surface area contributed by atoms with E-state index in [0.29, 0.717) is 18.8 Å². The molecule has 0 amide bonds. The van der Waals surface area contributed by atoms with Gasteiger partial charge in [-0.05, 0) is 11.5 Å². The summed E-state index contributed by atoms with van der Waals surface area (Å²) in [5.74, 6) is 1.30. The zero-order chi connectivity index (χ0) is 15.7. The molecule has 7 nitrogen and oxygen atoms in total. The second-order valence-electron chi connectivity index (χ2n) is 6.56. The Morgan fingerprint density at radius 2 is 2.23 bits per heavy atom. The quantitative estimate of drug-likeness (QED) is 0.339. The highest BCUT2D eigenvalue weighted by Gasteiger charge is 2.14. The fourth-order valence-electron chi connectivity index (χ4n) is 2.40. The summed E-state index contributed by atoms with van der Waals surface area (Å²) in [6.45, 7) is 6.65. The van der Waals surface area contributed by atoms with E-state index in [1.807, 2.05) is 12.3 Å². The third kappa shape index (κ3) is 2.94. The molecule has 0 saturated carbocycles. The van der Waals surface area contributed by atoms with E-state index in [1.165, 1.54) is 0 Å². The van der Waals surface area contributed by atoms with E-state index >= 15 is 0 Å². The van der Waals surface area contributed by atoms with Crippen LogP contribution < -0.4 is 5.48 Å². The van der Waals surface area contributed by atoms with Crippen molar-refractivity contribution in [3.8, 4) is 0 Å². The van der Waals surface area contributed by atoms with Gasteiger partial charge in [-0.3, -0.25) is 15.7 Å². The summed E-state index contributed by atoms with van der Waals surface area (Å²) in [5.41, 5.74) is 4.80. The topological polar surface area (TPSA) is 102 Å². The van der Waals surface area contributed by atoms with Gasteiger partial charge in [0.1, 0.15) is 22.8 Å². The molecule has 22 heavy (non-hydrogen) atoms. The predicted octanol–water partition coefficient (Wildman–Crippen LogP) is 2.75. The van der Waals surface area contributed by atoms with Crippen molar-refractivity contribution in [1.29, 1.82) is 0 Å². The molecule has 4 N–H and O–H groups in total. The molecule has 3 aromatic rings. The van der Waals surface area contributed by atoms with Crippen molar-refractivity contribution < 1.29 is 5.21 Å². The fourth-order valence-corrected chi connectivity index (χ4v) is 2.40. The number of rotatable bonds is 3. The predicted molar refractivity (Wildman–Crippen MR) is 85.9 cm³/mol. The third-order valence-electron chi connectivity index (χ3n) is 3.33. The number of hydroxylamine groups is 1. The highest BCUT2D eigenvalue weighted by Crippen LogP contribution is 2.21. The number of aliphatic imine (C=N–C) groups is 1. The molecule has 3 rings (SSSR count). The van der Waals surface area contributed by atoms with E-state index in [0.717, 1.165) is 27.9 Å². The maximum Gasteiger partial charge on any atom is 0.139 e. The van der Waals surface area contributed by atoms with Gasteiger partial charge in [0, 0.05) is 18.0 Å². The van der Waals surface area contributed by atoms with Gasteiger partial charge in [-0.1, -0.05) is 20.8 Å². The Balaban J connectivity index is 1.87. The average molecular weight is 300 g/mol. The average Bonchev–Trinajstić information content (AvgIpc) is 3.06. The lowest BCUT2D eigenvalue weighted by molar-refractivity contribution is 0.226. The second-order valence-corrected chi connectivity index (χ2v) is 6.56. The largest absolute Gasteiger partial charge is 0.346 e. The second kappa shape index (κ2) is 5.42. The van der Waals surface area contributed by atoms with Crippen LogP contribution in [-0.4, -0.2) is 31.0 Å². The van der Waals surface area contributed by atoms with Crippen molar-refractivity contribution in [2.75, 3.05) is 0 Å². The molecule has 0 spiro atoms. The molecule has 7 heteroatoms. The number of H-pyrrole nitrogens is 2. The van der Waals surface area contributed by atoms with Crippen LogP contribution in [0.3, 0.4) is 0 Å². The molecule has 0 unspecified atom stereocenters. The molecule has 0 aromatic carbocycles. The summed E-state index contributed by atoms with van der Waals surface area (Å²) in [6.07, 6.45) is 4.27. The van der Waals surface area contributed by atoms with Gasteiger partial charge in [0.05, 0.1) is 18.3 Å². The van der Waals surface area contributed by atoms with E-state index in [4.69, 9.17) is 0 Å². The number of fused-ring (bicyclic) bond motifs is 3. The van der Waals surface area contributed by atoms with Crippen molar-refractivity contribution in [1.82, 2.24) is 25.4 Å². The molecule has 0 aliphatic heterocycles. The lowest BCUT2D eigenvalue weighted by Gasteiger charge is -2.18. The van der Waals surface area contributed by atoms with E-state index in [1.54, 1.807) is 6.20 Å². The number of hydrogen-bond acceptors (Lipinski definition) is 4. The van der Waals surface area contributed by atoms with Gasteiger partial charge in [0.15, 0.2) is 0 Å². The third-order valence-corrected chi connectivity index (χ3v) is 3.33. The number of pyridine rings is 1. The Bertz CT molecular complexity index is 823. The maximum atomic E-state index is 9.20. The van der Waals surface area contributed by atoms with E-state index < -0.39 is 0 Å². The normalized spacial score (nSPS) is 13.2. The molecule has 0 saturated heterocycles. The Morgan fingerprint density at radius 1 is 1.41 bits per heavy atom. The summed E-state index contributed by atoms with van der Waals surface area (Å²) in [4.78, 5) is 19.6. The van der Waals surface area contributed by atoms with Crippen LogP contribution in [0.25, 0.3) is 22.1 Å². The van der Waals surface area contributed by atoms with Crippen LogP contribution in [0.4, 0.5) is 0 Å². The first kappa shape index (κ1) is 14.5. The smallest absolute Gasteiger partial charge is 0.139 e. The van der Waals surface area contributed by atoms with Crippen molar-refractivity contribution >= 4 is 27.9 Å². The van der Waals surface area contributed by atoms with E-state index in [9.17, 15) is 5.21 Å². The molecule has 0 radical (unpaired) electrons. The molecule has 0 aliphatic rings. The van der Waals surface area contributed by atoms with Crippen molar-refractivity contribution in [3.63, 3.8) is 0 Å². The zero-order valence-corrected chi connectivity index (χ0v) is 12.9. The van der Waals surface area contributed by atoms with Crippen LogP contribution in [0.5, 0.6) is 0 Å². The molecule has 0 atom stereocenters. The summed E-state index contributed by atoms with van der Waals surface area (Å²) < 4.78 is 0. The van der Waals surface area contributed by atoms with E-state index in [-0.39, 0.29) is 5.41 Å². The molecular formula is C15H20N6O. The van der Waals surface area contributed by atoms with Gasteiger partial charge >= 0.3 is 0 Å². The number of hydrogen-bond donors (Lipinski definition) is 4. The Labute approximate surface area is 127 Å². The van der Waals surface area contributed by atoms with Gasteiger partial charge in [-0.2, -0.15) is 0 Å². The minimum Gasteiger partial charge on any atom is -0.346 e. The molecule has 0 bridgehead atoms. The minimum atomic E-state index is 0.0453. The van der Waals surface area contributed by atoms with Gasteiger partial charge < -0.3 is 9.97 Å². The van der Waals surface area contributed by atoms with Crippen LogP contribution in [-0.2, 0) is 6.54 Å². The SMILES string of the molecule is CC(C)(C)CC(=NCc1nc2c(cnc3[nH]ccc32)[nH]1)NO. The fraction of sp³-hybridized carbons (Fsp3) is 0.400. The summed E-state index contributed by atoms with van der Waals surface area (Å²) in [7, 11) is 0. The van der Waals surface area contributed by atoms with Crippen LogP contribution >= 0.6 is 0 Å². The minimum absolute atomic E-state index is 0.0453. The van der Waals surface area contributed by atoms with Gasteiger partial charge in [-0.15, -0.1) is 0 Å². The van der Waals surface area contributed by atoms with Gasteiger partial charge in [-0.25, -0.2) is 9.97 Å². The van der Waals surface area contributed by atoms with E-state index in [2.05, 4.69) is 51.2 Å². The van der Waals surface area contributed by atoms with Crippen molar-refractivity contribution in [2.24, 2.45) is 10.4 Å². The highest BCUT2D eigenvalue weighted by molar-refractivity contribution is 6.00. The lowest BCUT2D eigenvalue weighted by Crippen LogP contribution is -2.25. The Hall–Kier alpha value is -2.41. The van der Waals surface area contributed by atoms with Crippen LogP contribution in [0.1, 0.15) is 33.0 Å². The first-order valence-corrected chi connectivity index (χ1v) is 7.20. The zero-order valence-electron chi connectivity index (χ0n) is 12.9. The number of amidine groups is 1. The van der Waals surface area contributed by atoms with Gasteiger partial charge in [0.25, 0.3) is 0 Å². The lowest BCUT2D eigenvalue weighted by atomic mass is 9.92. The molecule has 116 valence electrons. The first-order valence-electron chi connectivity index (χ1n) is 7.20. The number of nitrogens with zero attached hydrogens (tertiary/aromatic N) is 3. The maximum absolute atomic E-state index is 9.20. The summed E-state index contributed by atoms with van der Waals surface area (Å²) in [6, 6.07) is 1.96. The Morgan fingerprint density at radius 3 is 2.95 bits per heavy atom. The molecular weight excluding hydrogens is 280 g/mol. The van der Waals surface area contributed by atoms with Crippen molar-refractivity contribution in [2.45, 2.75) is 33.7 Å². The summed E-state index contributed by atoms with van der Waals surface area (Å²) in [5, 5.41) is 10.2. The molecule has 0 aliphatic carbocycles. The van der Waals surface area contributed by atoms with Crippen LogP contribution in [0, 0.1) is 5.41 Å². The number of nitrogens with one attached hydrogen (secondary N) is 3. The van der Waals surface area contributed by atoms with Crippen LogP contribution in [0.15, 0.2) is 23.5 Å². The van der Waals surface area contributed by atoms with Crippen LogP contribution in [0.2, 0.25) is 0 Å². The molecule has 3 heterocycles. The number of imidazole rings is 1. The number of aromatic amines is 2.